The molecule has 0 unspecified atom stereocenters. The number of allylic oxidation sites excluding steroid dienone is 1. The lowest BCUT2D eigenvalue weighted by Gasteiger charge is -2.24. The van der Waals surface area contributed by atoms with E-state index in [1.807, 2.05) is 25.1 Å². The maximum atomic E-state index is 11.8. The average molecular weight is 430 g/mol. The van der Waals surface area contributed by atoms with E-state index >= 15 is 0 Å². The second kappa shape index (κ2) is 9.10. The lowest BCUT2D eigenvalue weighted by Crippen LogP contribution is -2.13. The molecular formula is C27H27NO4. The van der Waals surface area contributed by atoms with Crippen molar-refractivity contribution in [2.45, 2.75) is 33.6 Å². The summed E-state index contributed by atoms with van der Waals surface area (Å²) in [5.74, 6) is -0.794. The Bertz CT molecular complexity index is 1190. The highest BCUT2D eigenvalue weighted by Crippen LogP contribution is 2.39. The highest BCUT2D eigenvalue weighted by atomic mass is 16.7. The number of hydrogen-bond acceptors (Lipinski definition) is 5. The fourth-order valence-corrected chi connectivity index (χ4v) is 3.56. The standard InChI is InChI=1S/C27H27NO4/c1-15(2)26(29)31-19(7)17(5)20-8-11-23-21(14-20)9-10-22-18(6)25(13-12-24(22)23)28-32-27(30)16(3)4/h8,11-14,28H,1,3,5,7,9-10H2,2,4,6H3. The van der Waals surface area contributed by atoms with E-state index in [1.54, 1.807) is 13.8 Å². The van der Waals surface area contributed by atoms with Gasteiger partial charge in [-0.2, -0.15) is 0 Å². The number of nitrogens with one attached hydrogen (secondary N) is 1. The van der Waals surface area contributed by atoms with E-state index in [-0.39, 0.29) is 5.76 Å². The smallest absolute Gasteiger partial charge is 0.357 e. The molecule has 0 radical (unpaired) electrons. The molecule has 5 nitrogen and oxygen atoms in total. The third-order valence-corrected chi connectivity index (χ3v) is 5.49. The van der Waals surface area contributed by atoms with E-state index in [0.717, 1.165) is 40.8 Å². The van der Waals surface area contributed by atoms with Crippen LogP contribution in [-0.4, -0.2) is 11.9 Å². The lowest BCUT2D eigenvalue weighted by molar-refractivity contribution is -0.136. The molecule has 32 heavy (non-hydrogen) atoms. The van der Waals surface area contributed by atoms with Gasteiger partial charge in [-0.15, -0.1) is 0 Å². The van der Waals surface area contributed by atoms with E-state index in [2.05, 4.69) is 43.9 Å². The summed E-state index contributed by atoms with van der Waals surface area (Å²) in [4.78, 5) is 28.5. The molecule has 1 N–H and O–H groups in total. The molecule has 2 aromatic rings. The molecule has 0 bridgehead atoms. The van der Waals surface area contributed by atoms with Crippen molar-refractivity contribution in [2.24, 2.45) is 0 Å². The monoisotopic (exact) mass is 429 g/mol. The van der Waals surface area contributed by atoms with Crippen LogP contribution >= 0.6 is 0 Å². The van der Waals surface area contributed by atoms with Gasteiger partial charge in [0.25, 0.3) is 0 Å². The summed E-state index contributed by atoms with van der Waals surface area (Å²) in [5.41, 5.74) is 11.3. The van der Waals surface area contributed by atoms with Crippen LogP contribution in [0.3, 0.4) is 0 Å². The Kier molecular flexibility index (Phi) is 6.49. The summed E-state index contributed by atoms with van der Waals surface area (Å²) in [5, 5.41) is 0. The predicted molar refractivity (Wildman–Crippen MR) is 128 cm³/mol. The van der Waals surface area contributed by atoms with E-state index in [0.29, 0.717) is 16.7 Å². The Hall–Kier alpha value is -3.86. The van der Waals surface area contributed by atoms with Crippen LogP contribution in [0.1, 0.15) is 36.1 Å². The van der Waals surface area contributed by atoms with Crippen molar-refractivity contribution in [3.05, 3.63) is 95.8 Å². The topological polar surface area (TPSA) is 64.6 Å². The second-order valence-electron chi connectivity index (χ2n) is 7.98. The SMILES string of the molecule is C=C(C)C(=O)ONc1ccc2c(c1C)CCc1cc(C(=C)C(=C)OC(=O)C(=C)C)ccc1-2. The number of fused-ring (bicyclic) bond motifs is 3. The van der Waals surface area contributed by atoms with Crippen molar-refractivity contribution in [1.29, 1.82) is 0 Å². The van der Waals surface area contributed by atoms with Crippen LogP contribution < -0.4 is 5.48 Å². The molecule has 0 spiro atoms. The molecule has 0 heterocycles. The molecule has 0 amide bonds. The Labute approximate surface area is 188 Å². The summed E-state index contributed by atoms with van der Waals surface area (Å²) < 4.78 is 5.23. The molecule has 1 aliphatic rings. The minimum atomic E-state index is -0.517. The van der Waals surface area contributed by atoms with E-state index in [4.69, 9.17) is 9.57 Å². The Morgan fingerprint density at radius 1 is 0.906 bits per heavy atom. The summed E-state index contributed by atoms with van der Waals surface area (Å²) in [6, 6.07) is 10.00. The quantitative estimate of drug-likeness (QED) is 0.197. The molecule has 164 valence electrons. The zero-order valence-electron chi connectivity index (χ0n) is 18.8. The largest absolute Gasteiger partial charge is 0.423 e. The van der Waals surface area contributed by atoms with Gasteiger partial charge in [0.05, 0.1) is 5.69 Å². The van der Waals surface area contributed by atoms with Gasteiger partial charge in [-0.3, -0.25) is 0 Å². The summed E-state index contributed by atoms with van der Waals surface area (Å²) >= 11 is 0. The van der Waals surface area contributed by atoms with Crippen LogP contribution in [0.15, 0.2) is 73.6 Å². The van der Waals surface area contributed by atoms with Crippen LogP contribution in [0.4, 0.5) is 5.69 Å². The Morgan fingerprint density at radius 3 is 2.22 bits per heavy atom. The normalized spacial score (nSPS) is 11.5. The van der Waals surface area contributed by atoms with E-state index in [9.17, 15) is 9.59 Å². The number of benzene rings is 2. The maximum Gasteiger partial charge on any atom is 0.357 e. The minimum absolute atomic E-state index is 0.213. The molecule has 0 saturated heterocycles. The van der Waals surface area contributed by atoms with Crippen molar-refractivity contribution in [3.63, 3.8) is 0 Å². The second-order valence-corrected chi connectivity index (χ2v) is 7.98. The zero-order valence-corrected chi connectivity index (χ0v) is 18.8. The van der Waals surface area contributed by atoms with Gasteiger partial charge in [0.1, 0.15) is 5.76 Å². The average Bonchev–Trinajstić information content (AvgIpc) is 2.76. The molecule has 1 aliphatic carbocycles. The van der Waals surface area contributed by atoms with Gasteiger partial charge in [-0.25, -0.2) is 15.1 Å². The van der Waals surface area contributed by atoms with Crippen molar-refractivity contribution in [3.8, 4) is 11.1 Å². The van der Waals surface area contributed by atoms with Crippen molar-refractivity contribution in [2.75, 3.05) is 5.48 Å². The Morgan fingerprint density at radius 2 is 1.56 bits per heavy atom. The van der Waals surface area contributed by atoms with Crippen molar-refractivity contribution >= 4 is 23.2 Å². The van der Waals surface area contributed by atoms with Gasteiger partial charge in [0, 0.05) is 16.7 Å². The molecule has 3 rings (SSSR count). The predicted octanol–water partition coefficient (Wildman–Crippen LogP) is 5.85. The minimum Gasteiger partial charge on any atom is -0.423 e. The Balaban J connectivity index is 1.84. The highest BCUT2D eigenvalue weighted by Gasteiger charge is 2.21. The first-order chi connectivity index (χ1) is 15.1. The van der Waals surface area contributed by atoms with Gasteiger partial charge in [-0.05, 0) is 73.1 Å². The van der Waals surface area contributed by atoms with Crippen LogP contribution in [0.5, 0.6) is 0 Å². The molecule has 0 aliphatic heterocycles. The van der Waals surface area contributed by atoms with Crippen molar-refractivity contribution in [1.82, 2.24) is 0 Å². The van der Waals surface area contributed by atoms with Crippen LogP contribution in [0.2, 0.25) is 0 Å². The van der Waals surface area contributed by atoms with E-state index in [1.165, 1.54) is 11.1 Å². The third-order valence-electron chi connectivity index (χ3n) is 5.49. The number of anilines is 1. The van der Waals surface area contributed by atoms with Gasteiger partial charge in [0.2, 0.25) is 0 Å². The van der Waals surface area contributed by atoms with Gasteiger partial charge in [-0.1, -0.05) is 50.6 Å². The molecule has 0 saturated carbocycles. The third kappa shape index (κ3) is 4.57. The number of carbonyl (C=O) groups excluding carboxylic acids is 2. The number of carbonyl (C=O) groups is 2. The first-order valence-electron chi connectivity index (χ1n) is 10.2. The molecule has 0 aromatic heterocycles. The van der Waals surface area contributed by atoms with Crippen LogP contribution in [0, 0.1) is 6.92 Å². The molecule has 5 heteroatoms. The lowest BCUT2D eigenvalue weighted by atomic mass is 9.82. The fourth-order valence-electron chi connectivity index (χ4n) is 3.56. The maximum absolute atomic E-state index is 11.8. The molecule has 2 aromatic carbocycles. The van der Waals surface area contributed by atoms with Crippen LogP contribution in [0.25, 0.3) is 16.7 Å². The highest BCUT2D eigenvalue weighted by molar-refractivity contribution is 5.90. The zero-order chi connectivity index (χ0) is 23.6. The first-order valence-corrected chi connectivity index (χ1v) is 10.2. The number of esters is 1. The number of rotatable bonds is 7. The number of ether oxygens (including phenoxy) is 1. The van der Waals surface area contributed by atoms with Gasteiger partial charge < -0.3 is 9.57 Å². The van der Waals surface area contributed by atoms with Gasteiger partial charge in [0.15, 0.2) is 0 Å². The summed E-state index contributed by atoms with van der Waals surface area (Å²) in [6.45, 7) is 20.2. The first kappa shape index (κ1) is 22.8. The number of aryl methyl sites for hydroxylation is 1. The molecule has 0 fully saturated rings. The molecule has 0 atom stereocenters. The van der Waals surface area contributed by atoms with Crippen molar-refractivity contribution < 1.29 is 19.2 Å². The number of hydrogen-bond donors (Lipinski definition) is 1. The summed E-state index contributed by atoms with van der Waals surface area (Å²) in [6.07, 6.45) is 1.69. The fraction of sp³-hybridized carbons (Fsp3) is 0.185. The summed E-state index contributed by atoms with van der Waals surface area (Å²) in [7, 11) is 0. The van der Waals surface area contributed by atoms with Gasteiger partial charge >= 0.3 is 11.9 Å². The molecular weight excluding hydrogens is 402 g/mol. The van der Waals surface area contributed by atoms with Crippen LogP contribution in [-0.2, 0) is 32.0 Å². The van der Waals surface area contributed by atoms with E-state index < -0.39 is 11.9 Å².